The smallest absolute Gasteiger partial charge is 0.164 e. The van der Waals surface area contributed by atoms with E-state index in [1.165, 1.54) is 22.3 Å². The Labute approximate surface area is 274 Å². The molecule has 222 valence electrons. The summed E-state index contributed by atoms with van der Waals surface area (Å²) in [5.74, 6) is 1.91. The van der Waals surface area contributed by atoms with Gasteiger partial charge in [0.1, 0.15) is 0 Å². The molecule has 6 aromatic carbocycles. The molecule has 1 aliphatic carbocycles. The van der Waals surface area contributed by atoms with Gasteiger partial charge in [-0.1, -0.05) is 135 Å². The van der Waals surface area contributed by atoms with Crippen molar-refractivity contribution < 1.29 is 0 Å². The predicted molar refractivity (Wildman–Crippen MR) is 189 cm³/mol. The Balaban J connectivity index is 1.27. The highest BCUT2D eigenvalue weighted by Crippen LogP contribution is 2.51. The molecule has 47 heavy (non-hydrogen) atoms. The highest BCUT2D eigenvalue weighted by Gasteiger charge is 2.36. The molecule has 0 amide bonds. The summed E-state index contributed by atoms with van der Waals surface area (Å²) in [5, 5.41) is 9.44. The van der Waals surface area contributed by atoms with E-state index in [1.54, 1.807) is 0 Å². The molecule has 0 N–H and O–H groups in total. The van der Waals surface area contributed by atoms with E-state index >= 15 is 0 Å². The van der Waals surface area contributed by atoms with Gasteiger partial charge < -0.3 is 0 Å². The van der Waals surface area contributed by atoms with Crippen LogP contribution in [0.25, 0.3) is 67.5 Å². The second kappa shape index (κ2) is 11.3. The fraction of sp³-hybridized carbons (Fsp3) is 0.0698. The maximum atomic E-state index is 9.44. The maximum absolute atomic E-state index is 9.44. The van der Waals surface area contributed by atoms with Crippen LogP contribution in [0.3, 0.4) is 0 Å². The van der Waals surface area contributed by atoms with Gasteiger partial charge in [-0.2, -0.15) is 5.26 Å². The maximum Gasteiger partial charge on any atom is 0.164 e. The molecule has 4 nitrogen and oxygen atoms in total. The van der Waals surface area contributed by atoms with Gasteiger partial charge in [-0.15, -0.1) is 0 Å². The lowest BCUT2D eigenvalue weighted by Gasteiger charge is -2.23. The summed E-state index contributed by atoms with van der Waals surface area (Å²) < 4.78 is 0. The van der Waals surface area contributed by atoms with Gasteiger partial charge in [-0.05, 0) is 68.8 Å². The molecule has 1 aliphatic rings. The zero-order valence-electron chi connectivity index (χ0n) is 26.1. The molecule has 1 aromatic heterocycles. The van der Waals surface area contributed by atoms with Gasteiger partial charge in [-0.25, -0.2) is 15.0 Å². The monoisotopic (exact) mass is 602 g/mol. The Bertz CT molecular complexity index is 2240. The number of hydrogen-bond donors (Lipinski definition) is 0. The number of hydrogen-bond acceptors (Lipinski definition) is 4. The lowest BCUT2D eigenvalue weighted by Crippen LogP contribution is -2.15. The molecule has 7 aromatic rings. The number of benzene rings is 6. The van der Waals surface area contributed by atoms with Crippen LogP contribution in [-0.4, -0.2) is 15.0 Å². The molecule has 0 atom stereocenters. The minimum absolute atomic E-state index is 0.129. The third-order valence-corrected chi connectivity index (χ3v) is 9.20. The number of rotatable bonds is 5. The fourth-order valence-electron chi connectivity index (χ4n) is 6.69. The Hall–Kier alpha value is -6.18. The van der Waals surface area contributed by atoms with Gasteiger partial charge in [0, 0.05) is 22.1 Å². The lowest BCUT2D eigenvalue weighted by molar-refractivity contribution is 0.660. The topological polar surface area (TPSA) is 62.5 Å². The number of nitriles is 1. The molecule has 1 heterocycles. The summed E-state index contributed by atoms with van der Waals surface area (Å²) in [6, 6.07) is 52.1. The molecule has 0 saturated carbocycles. The van der Waals surface area contributed by atoms with Gasteiger partial charge in [0.2, 0.25) is 0 Å². The number of nitrogens with zero attached hydrogens (tertiary/aromatic N) is 4. The SMILES string of the molecule is CC1(C)c2ccccc2-c2cc(-c3ccc(C#N)cc3)c(-c3ccc(-c4nc(-c5ccccc5)nc(-c5ccccc5)n4)cc3)cc21. The highest BCUT2D eigenvalue weighted by atomic mass is 15.0. The largest absolute Gasteiger partial charge is 0.208 e. The first-order valence-corrected chi connectivity index (χ1v) is 15.8. The van der Waals surface area contributed by atoms with Crippen LogP contribution in [0.15, 0.2) is 146 Å². The summed E-state index contributed by atoms with van der Waals surface area (Å²) in [5.41, 5.74) is 13.0. The Kier molecular flexibility index (Phi) is 6.82. The van der Waals surface area contributed by atoms with Crippen molar-refractivity contribution in [2.24, 2.45) is 0 Å². The molecular weight excluding hydrogens is 573 g/mol. The van der Waals surface area contributed by atoms with Crippen molar-refractivity contribution in [2.75, 3.05) is 0 Å². The average Bonchev–Trinajstić information content (AvgIpc) is 3.37. The van der Waals surface area contributed by atoms with Crippen molar-refractivity contribution in [1.82, 2.24) is 15.0 Å². The molecule has 0 radical (unpaired) electrons. The van der Waals surface area contributed by atoms with Crippen LogP contribution >= 0.6 is 0 Å². The molecular formula is C43H30N4. The standard InChI is InChI=1S/C43H30N4/c1-43(2)38-16-10-9-15-34(38)37-25-35(29-19-17-28(27-44)18-20-29)36(26-39(37)43)30-21-23-33(24-22-30)42-46-40(31-11-5-3-6-12-31)45-41(47-42)32-13-7-4-8-14-32/h3-26H,1-2H3. The third-order valence-electron chi connectivity index (χ3n) is 9.20. The summed E-state index contributed by atoms with van der Waals surface area (Å²) >= 11 is 0. The molecule has 4 heteroatoms. The Morgan fingerprint density at radius 2 is 0.872 bits per heavy atom. The average molecular weight is 603 g/mol. The summed E-state index contributed by atoms with van der Waals surface area (Å²) in [7, 11) is 0. The summed E-state index contributed by atoms with van der Waals surface area (Å²) in [6.07, 6.45) is 0. The van der Waals surface area contributed by atoms with Crippen LogP contribution in [0.5, 0.6) is 0 Å². The predicted octanol–water partition coefficient (Wildman–Crippen LogP) is 10.4. The normalized spacial score (nSPS) is 12.6. The molecule has 0 saturated heterocycles. The molecule has 0 bridgehead atoms. The first kappa shape index (κ1) is 28.3. The van der Waals surface area contributed by atoms with E-state index in [0.717, 1.165) is 38.9 Å². The quantitative estimate of drug-likeness (QED) is 0.197. The second-order valence-corrected chi connectivity index (χ2v) is 12.4. The zero-order valence-corrected chi connectivity index (χ0v) is 26.1. The molecule has 0 spiro atoms. The van der Waals surface area contributed by atoms with Crippen LogP contribution in [0.4, 0.5) is 0 Å². The first-order chi connectivity index (χ1) is 23.0. The van der Waals surface area contributed by atoms with Gasteiger partial charge in [0.25, 0.3) is 0 Å². The van der Waals surface area contributed by atoms with E-state index in [9.17, 15) is 5.26 Å². The highest BCUT2D eigenvalue weighted by molar-refractivity contribution is 5.92. The van der Waals surface area contributed by atoms with Gasteiger partial charge in [-0.3, -0.25) is 0 Å². The van der Waals surface area contributed by atoms with E-state index in [1.807, 2.05) is 84.9 Å². The number of fused-ring (bicyclic) bond motifs is 3. The van der Waals surface area contributed by atoms with Crippen molar-refractivity contribution in [3.63, 3.8) is 0 Å². The van der Waals surface area contributed by atoms with E-state index in [0.29, 0.717) is 23.0 Å². The van der Waals surface area contributed by atoms with Crippen LogP contribution in [0.2, 0.25) is 0 Å². The minimum atomic E-state index is -0.129. The van der Waals surface area contributed by atoms with Gasteiger partial charge in [0.15, 0.2) is 17.5 Å². The van der Waals surface area contributed by atoms with Crippen LogP contribution in [0.1, 0.15) is 30.5 Å². The van der Waals surface area contributed by atoms with Crippen LogP contribution in [-0.2, 0) is 5.41 Å². The van der Waals surface area contributed by atoms with Crippen molar-refractivity contribution >= 4 is 0 Å². The molecule has 8 rings (SSSR count). The van der Waals surface area contributed by atoms with Crippen molar-refractivity contribution in [3.05, 3.63) is 162 Å². The molecule has 0 unspecified atom stereocenters. The van der Waals surface area contributed by atoms with Crippen molar-refractivity contribution in [1.29, 1.82) is 5.26 Å². The summed E-state index contributed by atoms with van der Waals surface area (Å²) in [6.45, 7) is 4.61. The van der Waals surface area contributed by atoms with E-state index in [2.05, 4.69) is 80.6 Å². The van der Waals surface area contributed by atoms with E-state index in [4.69, 9.17) is 15.0 Å². The van der Waals surface area contributed by atoms with Crippen LogP contribution in [0, 0.1) is 11.3 Å². The molecule has 0 aliphatic heterocycles. The first-order valence-electron chi connectivity index (χ1n) is 15.8. The molecule has 0 fully saturated rings. The van der Waals surface area contributed by atoms with Crippen molar-refractivity contribution in [3.8, 4) is 73.6 Å². The second-order valence-electron chi connectivity index (χ2n) is 12.4. The summed E-state index contributed by atoms with van der Waals surface area (Å²) in [4.78, 5) is 14.7. The minimum Gasteiger partial charge on any atom is -0.208 e. The van der Waals surface area contributed by atoms with Crippen molar-refractivity contribution in [2.45, 2.75) is 19.3 Å². The van der Waals surface area contributed by atoms with E-state index in [-0.39, 0.29) is 5.41 Å². The van der Waals surface area contributed by atoms with Crippen LogP contribution < -0.4 is 0 Å². The lowest BCUT2D eigenvalue weighted by atomic mass is 9.80. The van der Waals surface area contributed by atoms with E-state index < -0.39 is 0 Å². The fourth-order valence-corrected chi connectivity index (χ4v) is 6.69. The Morgan fingerprint density at radius 3 is 1.43 bits per heavy atom. The Morgan fingerprint density at radius 1 is 0.426 bits per heavy atom. The third kappa shape index (κ3) is 4.99. The van der Waals surface area contributed by atoms with Gasteiger partial charge in [0.05, 0.1) is 11.6 Å². The zero-order chi connectivity index (χ0) is 32.0. The van der Waals surface area contributed by atoms with Gasteiger partial charge >= 0.3 is 0 Å². The number of aromatic nitrogens is 3.